The Hall–Kier alpha value is -1.69. The summed E-state index contributed by atoms with van der Waals surface area (Å²) in [6.07, 6.45) is 14.5. The number of rotatable bonds is 5. The molecule has 0 bridgehead atoms. The van der Waals surface area contributed by atoms with Crippen LogP contribution in [-0.4, -0.2) is 0 Å². The Morgan fingerprint density at radius 1 is 0.962 bits per heavy atom. The molecule has 0 heterocycles. The van der Waals surface area contributed by atoms with Gasteiger partial charge in [-0.25, -0.2) is 8.78 Å². The van der Waals surface area contributed by atoms with Gasteiger partial charge in [-0.15, -0.1) is 0 Å². The minimum atomic E-state index is -0.384. The minimum Gasteiger partial charge on any atom is -0.216 e. The first-order valence-electron chi connectivity index (χ1n) is 10.2. The molecule has 0 unspecified atom stereocenters. The molecule has 2 saturated carbocycles. The molecule has 0 radical (unpaired) electrons. The van der Waals surface area contributed by atoms with Gasteiger partial charge in [-0.3, -0.25) is 0 Å². The van der Waals surface area contributed by atoms with Crippen molar-refractivity contribution in [2.45, 2.75) is 70.1 Å². The van der Waals surface area contributed by atoms with Crippen LogP contribution in [0.1, 0.15) is 81.3 Å². The van der Waals surface area contributed by atoms with E-state index in [0.29, 0.717) is 18.2 Å². The fourth-order valence-corrected chi connectivity index (χ4v) is 4.90. The molecule has 0 atom stereocenters. The van der Waals surface area contributed by atoms with Crippen molar-refractivity contribution in [2.24, 2.45) is 17.8 Å². The molecule has 0 aliphatic heterocycles. The van der Waals surface area contributed by atoms with Crippen LogP contribution < -0.4 is 0 Å². The van der Waals surface area contributed by atoms with Crippen molar-refractivity contribution in [3.63, 3.8) is 0 Å². The van der Waals surface area contributed by atoms with E-state index < -0.39 is 0 Å². The van der Waals surface area contributed by atoms with Crippen molar-refractivity contribution in [3.8, 4) is 6.07 Å². The third-order valence-electron chi connectivity index (χ3n) is 6.65. The number of nitrogens with zero attached hydrogens (tertiary/aromatic N) is 1. The Kier molecular flexibility index (Phi) is 6.83. The van der Waals surface area contributed by atoms with E-state index in [2.05, 4.69) is 0 Å². The zero-order valence-corrected chi connectivity index (χ0v) is 15.5. The molecule has 1 aromatic rings. The van der Waals surface area contributed by atoms with Crippen molar-refractivity contribution < 1.29 is 8.78 Å². The summed E-state index contributed by atoms with van der Waals surface area (Å²) in [4.78, 5) is 0. The fourth-order valence-electron chi connectivity index (χ4n) is 4.90. The first-order valence-corrected chi connectivity index (χ1v) is 10.2. The van der Waals surface area contributed by atoms with E-state index in [9.17, 15) is 8.78 Å². The highest BCUT2D eigenvalue weighted by Gasteiger charge is 2.25. The number of allylic oxidation sites excluding steroid dienone is 1. The van der Waals surface area contributed by atoms with Crippen LogP contribution in [-0.2, 0) is 0 Å². The lowest BCUT2D eigenvalue weighted by Crippen LogP contribution is -2.17. The summed E-state index contributed by atoms with van der Waals surface area (Å²) in [6, 6.07) is 7.00. The zero-order valence-electron chi connectivity index (χ0n) is 15.5. The lowest BCUT2D eigenvalue weighted by molar-refractivity contribution is 0.245. The summed E-state index contributed by atoms with van der Waals surface area (Å²) < 4.78 is 26.1. The predicted octanol–water partition coefficient (Wildman–Crippen LogP) is 7.04. The van der Waals surface area contributed by atoms with Crippen LogP contribution in [0, 0.1) is 34.9 Å². The summed E-state index contributed by atoms with van der Waals surface area (Å²) in [5, 5.41) is 8.85. The lowest BCUT2D eigenvalue weighted by Gasteiger charge is -2.31. The maximum Gasteiger partial charge on any atom is 0.141 e. The number of hydrogen-bond acceptors (Lipinski definition) is 1. The molecule has 3 heteroatoms. The Morgan fingerprint density at radius 2 is 1.58 bits per heavy atom. The van der Waals surface area contributed by atoms with Gasteiger partial charge in [0.15, 0.2) is 0 Å². The quantitative estimate of drug-likeness (QED) is 0.554. The van der Waals surface area contributed by atoms with E-state index in [1.54, 1.807) is 18.2 Å². The van der Waals surface area contributed by atoms with Gasteiger partial charge in [0.25, 0.3) is 0 Å². The van der Waals surface area contributed by atoms with Gasteiger partial charge >= 0.3 is 0 Å². The standard InChI is InChI=1S/C23H29F2N/c24-14-13-19-5-3-17(4-6-19)1-2-18-7-9-20(10-8-18)21-11-12-22(16-26)23(25)15-21/h11-15,17-20H,1-10H2. The number of benzene rings is 1. The van der Waals surface area contributed by atoms with Gasteiger partial charge < -0.3 is 0 Å². The molecule has 26 heavy (non-hydrogen) atoms. The maximum atomic E-state index is 13.8. The van der Waals surface area contributed by atoms with Gasteiger partial charge in [0.05, 0.1) is 11.9 Å². The molecule has 0 spiro atoms. The minimum absolute atomic E-state index is 0.138. The average Bonchev–Trinajstić information content (AvgIpc) is 2.68. The average molecular weight is 357 g/mol. The molecule has 2 aliphatic rings. The summed E-state index contributed by atoms with van der Waals surface area (Å²) in [6.45, 7) is 0. The second-order valence-corrected chi connectivity index (χ2v) is 8.25. The van der Waals surface area contributed by atoms with E-state index in [4.69, 9.17) is 5.26 Å². The largest absolute Gasteiger partial charge is 0.216 e. The van der Waals surface area contributed by atoms with Crippen LogP contribution in [0.25, 0.3) is 0 Å². The predicted molar refractivity (Wildman–Crippen MR) is 101 cm³/mol. The molecular formula is C23H29F2N. The highest BCUT2D eigenvalue weighted by atomic mass is 19.1. The van der Waals surface area contributed by atoms with Crippen LogP contribution in [0.5, 0.6) is 0 Å². The number of nitriles is 1. The van der Waals surface area contributed by atoms with E-state index in [1.807, 2.05) is 12.1 Å². The molecule has 0 amide bonds. The summed E-state index contributed by atoms with van der Waals surface area (Å²) in [5.41, 5.74) is 1.19. The molecule has 0 aromatic heterocycles. The van der Waals surface area contributed by atoms with Crippen molar-refractivity contribution in [2.75, 3.05) is 0 Å². The van der Waals surface area contributed by atoms with E-state index in [0.717, 1.165) is 43.1 Å². The molecule has 140 valence electrons. The van der Waals surface area contributed by atoms with Crippen LogP contribution >= 0.6 is 0 Å². The van der Waals surface area contributed by atoms with Crippen molar-refractivity contribution >= 4 is 0 Å². The molecule has 1 aromatic carbocycles. The van der Waals surface area contributed by atoms with Crippen molar-refractivity contribution in [1.29, 1.82) is 5.26 Å². The Balaban J connectivity index is 1.40. The second-order valence-electron chi connectivity index (χ2n) is 8.25. The van der Waals surface area contributed by atoms with Gasteiger partial charge in [-0.05, 0) is 92.7 Å². The monoisotopic (exact) mass is 357 g/mol. The summed E-state index contributed by atoms with van der Waals surface area (Å²) in [5.74, 6) is 2.14. The molecular weight excluding hydrogens is 328 g/mol. The highest BCUT2D eigenvalue weighted by molar-refractivity contribution is 5.34. The Morgan fingerprint density at radius 3 is 2.12 bits per heavy atom. The van der Waals surface area contributed by atoms with Gasteiger partial charge in [0, 0.05) is 0 Å². The third kappa shape index (κ3) is 4.93. The lowest BCUT2D eigenvalue weighted by atomic mass is 9.74. The zero-order chi connectivity index (χ0) is 18.4. The molecule has 2 fully saturated rings. The molecule has 0 saturated heterocycles. The molecule has 0 N–H and O–H groups in total. The maximum absolute atomic E-state index is 13.8. The SMILES string of the molecule is N#Cc1ccc(C2CCC(CCC3CCC(C=CF)CC3)CC2)cc1F. The van der Waals surface area contributed by atoms with Gasteiger partial charge in [-0.2, -0.15) is 5.26 Å². The fraction of sp³-hybridized carbons (Fsp3) is 0.609. The van der Waals surface area contributed by atoms with E-state index in [-0.39, 0.29) is 11.4 Å². The normalized spacial score (nSPS) is 29.6. The summed E-state index contributed by atoms with van der Waals surface area (Å²) >= 11 is 0. The highest BCUT2D eigenvalue weighted by Crippen LogP contribution is 2.40. The van der Waals surface area contributed by atoms with E-state index >= 15 is 0 Å². The van der Waals surface area contributed by atoms with E-state index in [1.165, 1.54) is 38.5 Å². The topological polar surface area (TPSA) is 23.8 Å². The molecule has 3 rings (SSSR count). The second kappa shape index (κ2) is 9.31. The third-order valence-corrected chi connectivity index (χ3v) is 6.65. The Labute approximate surface area is 156 Å². The summed E-state index contributed by atoms with van der Waals surface area (Å²) in [7, 11) is 0. The van der Waals surface area contributed by atoms with Gasteiger partial charge in [0.1, 0.15) is 11.9 Å². The van der Waals surface area contributed by atoms with Gasteiger partial charge in [-0.1, -0.05) is 25.0 Å². The van der Waals surface area contributed by atoms with Gasteiger partial charge in [0.2, 0.25) is 0 Å². The molecule has 1 nitrogen and oxygen atoms in total. The van der Waals surface area contributed by atoms with Crippen molar-refractivity contribution in [1.82, 2.24) is 0 Å². The van der Waals surface area contributed by atoms with Crippen LogP contribution in [0.2, 0.25) is 0 Å². The first-order chi connectivity index (χ1) is 12.7. The van der Waals surface area contributed by atoms with Crippen LogP contribution in [0.4, 0.5) is 8.78 Å². The first kappa shape index (κ1) is 19.1. The smallest absolute Gasteiger partial charge is 0.141 e. The molecule has 2 aliphatic carbocycles. The Bertz CT molecular complexity index is 645. The number of halogens is 2. The van der Waals surface area contributed by atoms with Crippen LogP contribution in [0.15, 0.2) is 30.6 Å². The van der Waals surface area contributed by atoms with Crippen molar-refractivity contribution in [3.05, 3.63) is 47.5 Å². The number of hydrogen-bond donors (Lipinski definition) is 0. The van der Waals surface area contributed by atoms with Crippen LogP contribution in [0.3, 0.4) is 0 Å².